The van der Waals surface area contributed by atoms with Crippen LogP contribution in [0.25, 0.3) is 0 Å². The lowest BCUT2D eigenvalue weighted by atomic mass is 10.3. The maximum atomic E-state index is 11.4. The van der Waals surface area contributed by atoms with E-state index >= 15 is 0 Å². The molecule has 0 fully saturated rings. The number of carbonyl (C=O) groups is 1. The van der Waals surface area contributed by atoms with Crippen molar-refractivity contribution >= 4 is 28.5 Å². The summed E-state index contributed by atoms with van der Waals surface area (Å²) in [4.78, 5) is 14.3. The van der Waals surface area contributed by atoms with Gasteiger partial charge >= 0.3 is 0 Å². The van der Waals surface area contributed by atoms with Crippen LogP contribution in [-0.4, -0.2) is 23.5 Å². The molecular formula is C8H12IN3O. The van der Waals surface area contributed by atoms with Crippen LogP contribution in [0.15, 0.2) is 12.3 Å². The first-order chi connectivity index (χ1) is 6.13. The third kappa shape index (κ3) is 3.00. The predicted octanol–water partition coefficient (Wildman–Crippen LogP) is 0.696. The number of amides is 1. The van der Waals surface area contributed by atoms with Crippen LogP contribution < -0.4 is 11.1 Å². The molecule has 1 atom stereocenters. The maximum absolute atomic E-state index is 11.4. The molecule has 5 heteroatoms. The maximum Gasteiger partial charge on any atom is 0.267 e. The summed E-state index contributed by atoms with van der Waals surface area (Å²) in [5.41, 5.74) is 5.95. The SMILES string of the molecule is C[C@@H](CN)NC(=O)c1cc(I)c[nH]1. The number of nitrogens with one attached hydrogen (secondary N) is 2. The molecule has 0 spiro atoms. The van der Waals surface area contributed by atoms with Crippen LogP contribution in [0, 0.1) is 3.57 Å². The lowest BCUT2D eigenvalue weighted by Crippen LogP contribution is -2.37. The molecule has 0 unspecified atom stereocenters. The van der Waals surface area contributed by atoms with Gasteiger partial charge in [-0.3, -0.25) is 4.79 Å². The molecule has 4 nitrogen and oxygen atoms in total. The van der Waals surface area contributed by atoms with E-state index in [-0.39, 0.29) is 11.9 Å². The fourth-order valence-corrected chi connectivity index (χ4v) is 1.33. The molecule has 1 heterocycles. The number of rotatable bonds is 3. The van der Waals surface area contributed by atoms with Gasteiger partial charge in [0.25, 0.3) is 5.91 Å². The summed E-state index contributed by atoms with van der Waals surface area (Å²) in [6.07, 6.45) is 1.78. The molecule has 1 amide bonds. The van der Waals surface area contributed by atoms with E-state index in [0.29, 0.717) is 12.2 Å². The molecule has 1 rings (SSSR count). The fourth-order valence-electron chi connectivity index (χ4n) is 0.859. The summed E-state index contributed by atoms with van der Waals surface area (Å²) in [6.45, 7) is 2.31. The van der Waals surface area contributed by atoms with Crippen LogP contribution in [0.4, 0.5) is 0 Å². The minimum absolute atomic E-state index is 0.00783. The molecule has 4 N–H and O–H groups in total. The second-order valence-electron chi connectivity index (χ2n) is 2.84. The monoisotopic (exact) mass is 293 g/mol. The molecule has 0 saturated heterocycles. The number of halogens is 1. The van der Waals surface area contributed by atoms with Crippen molar-refractivity contribution in [2.24, 2.45) is 5.73 Å². The highest BCUT2D eigenvalue weighted by molar-refractivity contribution is 14.1. The first-order valence-electron chi connectivity index (χ1n) is 3.98. The molecule has 13 heavy (non-hydrogen) atoms. The number of carbonyl (C=O) groups excluding carboxylic acids is 1. The fraction of sp³-hybridized carbons (Fsp3) is 0.375. The van der Waals surface area contributed by atoms with Crippen molar-refractivity contribution in [3.63, 3.8) is 0 Å². The van der Waals surface area contributed by atoms with E-state index in [9.17, 15) is 4.79 Å². The highest BCUT2D eigenvalue weighted by Gasteiger charge is 2.09. The number of aromatic nitrogens is 1. The number of hydrogen-bond donors (Lipinski definition) is 3. The summed E-state index contributed by atoms with van der Waals surface area (Å²) in [5.74, 6) is -0.110. The van der Waals surface area contributed by atoms with E-state index in [1.54, 1.807) is 12.3 Å². The Morgan fingerprint density at radius 3 is 3.00 bits per heavy atom. The van der Waals surface area contributed by atoms with Gasteiger partial charge in [0.1, 0.15) is 5.69 Å². The average molecular weight is 293 g/mol. The van der Waals surface area contributed by atoms with Crippen molar-refractivity contribution in [2.75, 3.05) is 6.54 Å². The number of H-pyrrole nitrogens is 1. The van der Waals surface area contributed by atoms with Crippen LogP contribution >= 0.6 is 22.6 Å². The van der Waals surface area contributed by atoms with Crippen LogP contribution in [0.1, 0.15) is 17.4 Å². The first-order valence-corrected chi connectivity index (χ1v) is 5.06. The minimum atomic E-state index is -0.110. The van der Waals surface area contributed by atoms with Gasteiger partial charge in [-0.05, 0) is 35.6 Å². The lowest BCUT2D eigenvalue weighted by Gasteiger charge is -2.09. The van der Waals surface area contributed by atoms with Gasteiger partial charge in [0.15, 0.2) is 0 Å². The summed E-state index contributed by atoms with van der Waals surface area (Å²) in [5, 5.41) is 2.76. The molecule has 1 aromatic heterocycles. The molecule has 0 aliphatic rings. The lowest BCUT2D eigenvalue weighted by molar-refractivity contribution is 0.0937. The zero-order valence-electron chi connectivity index (χ0n) is 7.30. The van der Waals surface area contributed by atoms with Crippen LogP contribution in [0.5, 0.6) is 0 Å². The van der Waals surface area contributed by atoms with Crippen molar-refractivity contribution in [3.05, 3.63) is 21.5 Å². The van der Waals surface area contributed by atoms with Crippen LogP contribution in [0.3, 0.4) is 0 Å². The van der Waals surface area contributed by atoms with Crippen molar-refractivity contribution in [2.45, 2.75) is 13.0 Å². The predicted molar refractivity (Wildman–Crippen MR) is 59.5 cm³/mol. The zero-order chi connectivity index (χ0) is 9.84. The van der Waals surface area contributed by atoms with Gasteiger partial charge in [-0.2, -0.15) is 0 Å². The molecule has 0 saturated carbocycles. The highest BCUT2D eigenvalue weighted by Crippen LogP contribution is 2.05. The van der Waals surface area contributed by atoms with E-state index in [2.05, 4.69) is 32.9 Å². The Balaban J connectivity index is 2.58. The number of hydrogen-bond acceptors (Lipinski definition) is 2. The Morgan fingerprint density at radius 1 is 1.85 bits per heavy atom. The van der Waals surface area contributed by atoms with E-state index < -0.39 is 0 Å². The van der Waals surface area contributed by atoms with Gasteiger partial charge in [0, 0.05) is 22.4 Å². The van der Waals surface area contributed by atoms with Crippen molar-refractivity contribution in [1.82, 2.24) is 10.3 Å². The second-order valence-corrected chi connectivity index (χ2v) is 4.09. The van der Waals surface area contributed by atoms with Crippen molar-refractivity contribution in [3.8, 4) is 0 Å². The van der Waals surface area contributed by atoms with E-state index in [1.807, 2.05) is 6.92 Å². The normalized spacial score (nSPS) is 12.5. The standard InChI is InChI=1S/C8H12IN3O/c1-5(3-10)12-8(13)7-2-6(9)4-11-7/h2,4-5,11H,3,10H2,1H3,(H,12,13)/t5-/m0/s1. The van der Waals surface area contributed by atoms with E-state index in [1.165, 1.54) is 0 Å². The van der Waals surface area contributed by atoms with Crippen LogP contribution in [-0.2, 0) is 0 Å². The topological polar surface area (TPSA) is 70.9 Å². The third-order valence-electron chi connectivity index (χ3n) is 1.62. The highest BCUT2D eigenvalue weighted by atomic mass is 127. The smallest absolute Gasteiger partial charge is 0.267 e. The van der Waals surface area contributed by atoms with E-state index in [4.69, 9.17) is 5.73 Å². The van der Waals surface area contributed by atoms with Gasteiger partial charge < -0.3 is 16.0 Å². The zero-order valence-corrected chi connectivity index (χ0v) is 9.46. The van der Waals surface area contributed by atoms with Gasteiger partial charge in [-0.15, -0.1) is 0 Å². The summed E-state index contributed by atoms with van der Waals surface area (Å²) in [7, 11) is 0. The minimum Gasteiger partial charge on any atom is -0.356 e. The summed E-state index contributed by atoms with van der Waals surface area (Å²) in [6, 6.07) is 1.80. The van der Waals surface area contributed by atoms with Crippen LogP contribution in [0.2, 0.25) is 0 Å². The largest absolute Gasteiger partial charge is 0.356 e. The van der Waals surface area contributed by atoms with Crippen molar-refractivity contribution in [1.29, 1.82) is 0 Å². The quantitative estimate of drug-likeness (QED) is 0.718. The molecule has 0 aliphatic heterocycles. The van der Waals surface area contributed by atoms with Gasteiger partial charge in [-0.1, -0.05) is 0 Å². The molecule has 0 aliphatic carbocycles. The number of nitrogens with two attached hydrogens (primary N) is 1. The average Bonchev–Trinajstić information content (AvgIpc) is 2.51. The van der Waals surface area contributed by atoms with Gasteiger partial charge in [-0.25, -0.2) is 0 Å². The Morgan fingerprint density at radius 2 is 2.54 bits per heavy atom. The molecule has 0 bridgehead atoms. The Bertz CT molecular complexity index is 297. The molecular weight excluding hydrogens is 281 g/mol. The third-order valence-corrected chi connectivity index (χ3v) is 2.25. The summed E-state index contributed by atoms with van der Waals surface area (Å²) >= 11 is 2.14. The van der Waals surface area contributed by atoms with Crippen molar-refractivity contribution < 1.29 is 4.79 Å². The molecule has 72 valence electrons. The molecule has 0 aromatic carbocycles. The van der Waals surface area contributed by atoms with E-state index in [0.717, 1.165) is 3.57 Å². The first kappa shape index (κ1) is 10.5. The Hall–Kier alpha value is -0.560. The Labute approximate surface area is 90.4 Å². The van der Waals surface area contributed by atoms with Gasteiger partial charge in [0.05, 0.1) is 0 Å². The molecule has 0 radical (unpaired) electrons. The Kier molecular flexibility index (Phi) is 3.73. The summed E-state index contributed by atoms with van der Waals surface area (Å²) < 4.78 is 1.02. The molecule has 1 aromatic rings. The number of aromatic amines is 1. The second kappa shape index (κ2) is 4.61. The van der Waals surface area contributed by atoms with Gasteiger partial charge in [0.2, 0.25) is 0 Å².